The number of hydrogen-bond donors (Lipinski definition) is 2. The standard InChI is InChI=1S/C10H15NO2/c1-8(12)10(11)13-7-9-5-3-2-4-6-9/h2-6,8,10,12H,7,11H2,1H3. The van der Waals surface area contributed by atoms with Crippen molar-refractivity contribution in [1.82, 2.24) is 0 Å². The van der Waals surface area contributed by atoms with E-state index in [4.69, 9.17) is 15.6 Å². The van der Waals surface area contributed by atoms with Gasteiger partial charge in [-0.15, -0.1) is 0 Å². The summed E-state index contributed by atoms with van der Waals surface area (Å²) in [5.41, 5.74) is 6.55. The average Bonchev–Trinajstić information content (AvgIpc) is 2.15. The molecule has 0 fully saturated rings. The zero-order chi connectivity index (χ0) is 9.68. The first-order chi connectivity index (χ1) is 6.20. The highest BCUT2D eigenvalue weighted by Gasteiger charge is 2.08. The Balaban J connectivity index is 2.35. The summed E-state index contributed by atoms with van der Waals surface area (Å²) in [5.74, 6) is 0. The fourth-order valence-corrected chi connectivity index (χ4v) is 0.906. The third kappa shape index (κ3) is 3.55. The van der Waals surface area contributed by atoms with Crippen molar-refractivity contribution in [3.05, 3.63) is 35.9 Å². The summed E-state index contributed by atoms with van der Waals surface area (Å²) in [6.45, 7) is 2.04. The van der Waals surface area contributed by atoms with E-state index in [1.54, 1.807) is 6.92 Å². The van der Waals surface area contributed by atoms with Crippen LogP contribution in [0.1, 0.15) is 12.5 Å². The van der Waals surface area contributed by atoms with E-state index in [1.807, 2.05) is 30.3 Å². The Hall–Kier alpha value is -0.900. The number of rotatable bonds is 4. The van der Waals surface area contributed by atoms with Crippen molar-refractivity contribution >= 4 is 0 Å². The molecule has 72 valence electrons. The van der Waals surface area contributed by atoms with Gasteiger partial charge in [-0.3, -0.25) is 0 Å². The molecule has 3 N–H and O–H groups in total. The summed E-state index contributed by atoms with van der Waals surface area (Å²) in [4.78, 5) is 0. The maximum absolute atomic E-state index is 9.05. The second kappa shape index (κ2) is 4.97. The van der Waals surface area contributed by atoms with Crippen molar-refractivity contribution in [3.8, 4) is 0 Å². The van der Waals surface area contributed by atoms with Crippen molar-refractivity contribution in [1.29, 1.82) is 0 Å². The fourth-order valence-electron chi connectivity index (χ4n) is 0.906. The lowest BCUT2D eigenvalue weighted by atomic mass is 10.2. The summed E-state index contributed by atoms with van der Waals surface area (Å²) >= 11 is 0. The molecule has 1 rings (SSSR count). The van der Waals surface area contributed by atoms with Crippen LogP contribution in [0.25, 0.3) is 0 Å². The first-order valence-electron chi connectivity index (χ1n) is 4.29. The summed E-state index contributed by atoms with van der Waals surface area (Å²) in [5, 5.41) is 9.05. The molecule has 0 aromatic heterocycles. The molecule has 0 saturated carbocycles. The highest BCUT2D eigenvalue weighted by Crippen LogP contribution is 2.02. The first-order valence-corrected chi connectivity index (χ1v) is 4.29. The van der Waals surface area contributed by atoms with Crippen LogP contribution in [-0.2, 0) is 11.3 Å². The Labute approximate surface area is 78.1 Å². The Morgan fingerprint density at radius 1 is 1.38 bits per heavy atom. The molecule has 3 heteroatoms. The summed E-state index contributed by atoms with van der Waals surface area (Å²) in [6, 6.07) is 9.72. The van der Waals surface area contributed by atoms with Gasteiger partial charge in [0, 0.05) is 0 Å². The van der Waals surface area contributed by atoms with Crippen LogP contribution < -0.4 is 5.73 Å². The Kier molecular flexibility index (Phi) is 3.89. The Bertz CT molecular complexity index is 236. The zero-order valence-electron chi connectivity index (χ0n) is 7.68. The molecule has 2 unspecified atom stereocenters. The molecule has 0 amide bonds. The van der Waals surface area contributed by atoms with Crippen molar-refractivity contribution in [2.75, 3.05) is 0 Å². The minimum Gasteiger partial charge on any atom is -0.389 e. The van der Waals surface area contributed by atoms with Crippen LogP contribution in [0.2, 0.25) is 0 Å². The number of benzene rings is 1. The van der Waals surface area contributed by atoms with E-state index >= 15 is 0 Å². The van der Waals surface area contributed by atoms with Gasteiger partial charge in [0.15, 0.2) is 0 Å². The largest absolute Gasteiger partial charge is 0.389 e. The van der Waals surface area contributed by atoms with E-state index < -0.39 is 12.3 Å². The van der Waals surface area contributed by atoms with Crippen molar-refractivity contribution in [2.45, 2.75) is 25.9 Å². The average molecular weight is 181 g/mol. The minimum atomic E-state index is -0.635. The van der Waals surface area contributed by atoms with Gasteiger partial charge < -0.3 is 15.6 Å². The molecule has 1 aromatic rings. The fraction of sp³-hybridized carbons (Fsp3) is 0.400. The molecular weight excluding hydrogens is 166 g/mol. The summed E-state index contributed by atoms with van der Waals surface area (Å²) in [6.07, 6.45) is -1.25. The number of hydrogen-bond acceptors (Lipinski definition) is 3. The molecule has 0 aliphatic rings. The maximum Gasteiger partial charge on any atom is 0.132 e. The molecule has 0 aliphatic heterocycles. The molecule has 0 heterocycles. The minimum absolute atomic E-state index is 0.437. The molecule has 2 atom stereocenters. The molecule has 13 heavy (non-hydrogen) atoms. The lowest BCUT2D eigenvalue weighted by Gasteiger charge is -2.15. The van der Waals surface area contributed by atoms with E-state index in [9.17, 15) is 0 Å². The predicted octanol–water partition coefficient (Wildman–Crippen LogP) is 0.869. The van der Waals surface area contributed by atoms with Gasteiger partial charge >= 0.3 is 0 Å². The molecule has 0 saturated heterocycles. The number of ether oxygens (including phenoxy) is 1. The van der Waals surface area contributed by atoms with Gasteiger partial charge in [0.2, 0.25) is 0 Å². The van der Waals surface area contributed by atoms with Crippen molar-refractivity contribution in [3.63, 3.8) is 0 Å². The van der Waals surface area contributed by atoms with Gasteiger partial charge in [-0.05, 0) is 12.5 Å². The van der Waals surface area contributed by atoms with Crippen LogP contribution >= 0.6 is 0 Å². The van der Waals surface area contributed by atoms with Crippen LogP contribution in [0.15, 0.2) is 30.3 Å². The molecular formula is C10H15NO2. The van der Waals surface area contributed by atoms with Crippen LogP contribution in [0.4, 0.5) is 0 Å². The molecule has 1 aromatic carbocycles. The Morgan fingerprint density at radius 2 is 2.00 bits per heavy atom. The van der Waals surface area contributed by atoms with Crippen LogP contribution in [-0.4, -0.2) is 17.4 Å². The molecule has 0 spiro atoms. The van der Waals surface area contributed by atoms with E-state index in [0.717, 1.165) is 5.56 Å². The number of aliphatic hydroxyl groups excluding tert-OH is 1. The number of nitrogens with two attached hydrogens (primary N) is 1. The highest BCUT2D eigenvalue weighted by atomic mass is 16.5. The van der Waals surface area contributed by atoms with Crippen LogP contribution in [0.3, 0.4) is 0 Å². The summed E-state index contributed by atoms with van der Waals surface area (Å²) < 4.78 is 5.22. The van der Waals surface area contributed by atoms with Crippen LogP contribution in [0.5, 0.6) is 0 Å². The second-order valence-corrected chi connectivity index (χ2v) is 3.00. The topological polar surface area (TPSA) is 55.5 Å². The number of aliphatic hydroxyl groups is 1. The molecule has 0 bridgehead atoms. The lowest BCUT2D eigenvalue weighted by Crippen LogP contribution is -2.34. The van der Waals surface area contributed by atoms with Crippen molar-refractivity contribution < 1.29 is 9.84 Å². The third-order valence-corrected chi connectivity index (χ3v) is 1.76. The van der Waals surface area contributed by atoms with E-state index in [-0.39, 0.29) is 0 Å². The van der Waals surface area contributed by atoms with Gasteiger partial charge in [-0.1, -0.05) is 30.3 Å². The Morgan fingerprint density at radius 3 is 2.54 bits per heavy atom. The smallest absolute Gasteiger partial charge is 0.132 e. The highest BCUT2D eigenvalue weighted by molar-refractivity contribution is 5.13. The van der Waals surface area contributed by atoms with Gasteiger partial charge in [-0.25, -0.2) is 0 Å². The van der Waals surface area contributed by atoms with E-state index in [0.29, 0.717) is 6.61 Å². The quantitative estimate of drug-likeness (QED) is 0.678. The summed E-state index contributed by atoms with van der Waals surface area (Å²) in [7, 11) is 0. The maximum atomic E-state index is 9.05. The molecule has 0 radical (unpaired) electrons. The third-order valence-electron chi connectivity index (χ3n) is 1.76. The second-order valence-electron chi connectivity index (χ2n) is 3.00. The lowest BCUT2D eigenvalue weighted by molar-refractivity contribution is -0.0340. The van der Waals surface area contributed by atoms with Crippen LogP contribution in [0, 0.1) is 0 Å². The van der Waals surface area contributed by atoms with Gasteiger partial charge in [-0.2, -0.15) is 0 Å². The van der Waals surface area contributed by atoms with Crippen molar-refractivity contribution in [2.24, 2.45) is 5.73 Å². The zero-order valence-corrected chi connectivity index (χ0v) is 7.68. The molecule has 3 nitrogen and oxygen atoms in total. The first kappa shape index (κ1) is 10.2. The predicted molar refractivity (Wildman–Crippen MR) is 50.9 cm³/mol. The van der Waals surface area contributed by atoms with E-state index in [2.05, 4.69) is 0 Å². The van der Waals surface area contributed by atoms with Gasteiger partial charge in [0.05, 0.1) is 12.7 Å². The van der Waals surface area contributed by atoms with Gasteiger partial charge in [0.25, 0.3) is 0 Å². The monoisotopic (exact) mass is 181 g/mol. The van der Waals surface area contributed by atoms with Gasteiger partial charge in [0.1, 0.15) is 6.23 Å². The SMILES string of the molecule is CC(O)C(N)OCc1ccccc1. The van der Waals surface area contributed by atoms with E-state index in [1.165, 1.54) is 0 Å². The molecule has 0 aliphatic carbocycles. The normalized spacial score (nSPS) is 15.3.